The van der Waals surface area contributed by atoms with Crippen molar-refractivity contribution in [3.8, 4) is 0 Å². The van der Waals surface area contributed by atoms with Crippen molar-refractivity contribution in [2.45, 2.75) is 12.0 Å². The minimum absolute atomic E-state index is 0.0346. The Bertz CT molecular complexity index is 329. The van der Waals surface area contributed by atoms with Gasteiger partial charge in [-0.15, -0.1) is 0 Å². The highest BCUT2D eigenvalue weighted by Crippen LogP contribution is 2.28. The highest BCUT2D eigenvalue weighted by Gasteiger charge is 2.46. The molecule has 0 aliphatic carbocycles. The summed E-state index contributed by atoms with van der Waals surface area (Å²) in [5.74, 6) is -6.21. The zero-order chi connectivity index (χ0) is 10.8. The SMILES string of the molecule is N[C@@H](c1ccncc1)C(F)(F)C(=O)O. The van der Waals surface area contributed by atoms with Crippen LogP contribution in [0.5, 0.6) is 0 Å². The van der Waals surface area contributed by atoms with Crippen molar-refractivity contribution in [3.63, 3.8) is 0 Å². The van der Waals surface area contributed by atoms with Gasteiger partial charge in [-0.2, -0.15) is 8.78 Å². The lowest BCUT2D eigenvalue weighted by atomic mass is 10.0. The van der Waals surface area contributed by atoms with Gasteiger partial charge in [0.05, 0.1) is 0 Å². The second-order valence-corrected chi connectivity index (χ2v) is 2.69. The molecule has 0 unspecified atom stereocenters. The molecule has 1 aromatic rings. The Morgan fingerprint density at radius 2 is 2.00 bits per heavy atom. The van der Waals surface area contributed by atoms with Crippen LogP contribution < -0.4 is 5.73 Å². The van der Waals surface area contributed by atoms with E-state index in [0.29, 0.717) is 0 Å². The largest absolute Gasteiger partial charge is 0.477 e. The summed E-state index contributed by atoms with van der Waals surface area (Å²) in [4.78, 5) is 13.8. The molecule has 0 aromatic carbocycles. The molecule has 0 amide bonds. The van der Waals surface area contributed by atoms with E-state index in [2.05, 4.69) is 4.98 Å². The fourth-order valence-electron chi connectivity index (χ4n) is 0.913. The van der Waals surface area contributed by atoms with E-state index in [0.717, 1.165) is 0 Å². The van der Waals surface area contributed by atoms with E-state index >= 15 is 0 Å². The predicted molar refractivity (Wildman–Crippen MR) is 43.7 cm³/mol. The van der Waals surface area contributed by atoms with E-state index in [-0.39, 0.29) is 5.56 Å². The summed E-state index contributed by atoms with van der Waals surface area (Å²) in [5, 5.41) is 8.23. The molecule has 0 bridgehead atoms. The average molecular weight is 202 g/mol. The maximum atomic E-state index is 12.9. The van der Waals surface area contributed by atoms with Crippen molar-refractivity contribution >= 4 is 5.97 Å². The van der Waals surface area contributed by atoms with Gasteiger partial charge in [-0.3, -0.25) is 4.98 Å². The molecule has 0 spiro atoms. The van der Waals surface area contributed by atoms with Crippen LogP contribution in [0.2, 0.25) is 0 Å². The Balaban J connectivity index is 2.96. The number of hydrogen-bond donors (Lipinski definition) is 2. The maximum Gasteiger partial charge on any atom is 0.376 e. The van der Waals surface area contributed by atoms with Crippen molar-refractivity contribution in [1.29, 1.82) is 0 Å². The van der Waals surface area contributed by atoms with Crippen molar-refractivity contribution in [2.75, 3.05) is 0 Å². The highest BCUT2D eigenvalue weighted by atomic mass is 19.3. The van der Waals surface area contributed by atoms with Gasteiger partial charge in [-0.1, -0.05) is 0 Å². The normalized spacial score (nSPS) is 13.6. The zero-order valence-corrected chi connectivity index (χ0v) is 7.02. The summed E-state index contributed by atoms with van der Waals surface area (Å²) in [6, 6.07) is 0.645. The number of halogens is 2. The molecule has 0 fully saturated rings. The topological polar surface area (TPSA) is 76.2 Å². The third-order valence-corrected chi connectivity index (χ3v) is 1.74. The van der Waals surface area contributed by atoms with Gasteiger partial charge in [0.2, 0.25) is 0 Å². The molecule has 1 atom stereocenters. The van der Waals surface area contributed by atoms with Crippen LogP contribution in [0.4, 0.5) is 8.78 Å². The van der Waals surface area contributed by atoms with Gasteiger partial charge in [-0.25, -0.2) is 4.79 Å². The molecule has 1 aromatic heterocycles. The van der Waals surface area contributed by atoms with Crippen LogP contribution in [0.15, 0.2) is 24.5 Å². The van der Waals surface area contributed by atoms with Crippen LogP contribution in [-0.4, -0.2) is 22.0 Å². The van der Waals surface area contributed by atoms with Gasteiger partial charge >= 0.3 is 11.9 Å². The summed E-state index contributed by atoms with van der Waals surface area (Å²) < 4.78 is 25.8. The number of nitrogens with two attached hydrogens (primary N) is 1. The standard InChI is InChI=1S/C8H8F2N2O2/c9-8(10,7(13)14)6(11)5-1-3-12-4-2-5/h1-4,6H,11H2,(H,13,14)/t6-/m0/s1. The molecular weight excluding hydrogens is 194 g/mol. The lowest BCUT2D eigenvalue weighted by Gasteiger charge is -2.19. The first kappa shape index (κ1) is 10.5. The lowest BCUT2D eigenvalue weighted by Crippen LogP contribution is -2.40. The molecule has 4 nitrogen and oxygen atoms in total. The quantitative estimate of drug-likeness (QED) is 0.760. The molecule has 6 heteroatoms. The molecule has 0 aliphatic rings. The smallest absolute Gasteiger partial charge is 0.376 e. The van der Waals surface area contributed by atoms with Gasteiger partial charge in [0.1, 0.15) is 6.04 Å². The molecule has 14 heavy (non-hydrogen) atoms. The van der Waals surface area contributed by atoms with E-state index in [1.807, 2.05) is 0 Å². The van der Waals surface area contributed by atoms with Crippen molar-refractivity contribution in [1.82, 2.24) is 4.98 Å². The molecule has 0 radical (unpaired) electrons. The second-order valence-electron chi connectivity index (χ2n) is 2.69. The first-order valence-electron chi connectivity index (χ1n) is 3.73. The van der Waals surface area contributed by atoms with E-state index in [4.69, 9.17) is 10.8 Å². The minimum atomic E-state index is -3.97. The molecule has 1 heterocycles. The van der Waals surface area contributed by atoms with Gasteiger partial charge in [0.25, 0.3) is 0 Å². The summed E-state index contributed by atoms with van der Waals surface area (Å²) in [5.41, 5.74) is 5.15. The minimum Gasteiger partial charge on any atom is -0.477 e. The van der Waals surface area contributed by atoms with E-state index in [1.165, 1.54) is 24.5 Å². The number of carbonyl (C=O) groups is 1. The van der Waals surface area contributed by atoms with E-state index < -0.39 is 17.9 Å². The number of alkyl halides is 2. The monoisotopic (exact) mass is 202 g/mol. The summed E-state index contributed by atoms with van der Waals surface area (Å²) in [6.07, 6.45) is 2.54. The number of nitrogens with zero attached hydrogens (tertiary/aromatic N) is 1. The van der Waals surface area contributed by atoms with E-state index in [9.17, 15) is 13.6 Å². The highest BCUT2D eigenvalue weighted by molar-refractivity contribution is 5.76. The van der Waals surface area contributed by atoms with Crippen molar-refractivity contribution < 1.29 is 18.7 Å². The number of hydrogen-bond acceptors (Lipinski definition) is 3. The van der Waals surface area contributed by atoms with Crippen LogP contribution in [-0.2, 0) is 4.79 Å². The van der Waals surface area contributed by atoms with Crippen LogP contribution in [0.3, 0.4) is 0 Å². The second kappa shape index (κ2) is 3.67. The van der Waals surface area contributed by atoms with Gasteiger partial charge in [-0.05, 0) is 17.7 Å². The Kier molecular flexibility index (Phi) is 2.76. The van der Waals surface area contributed by atoms with E-state index in [1.54, 1.807) is 0 Å². The lowest BCUT2D eigenvalue weighted by molar-refractivity contribution is -0.168. The Morgan fingerprint density at radius 1 is 1.50 bits per heavy atom. The van der Waals surface area contributed by atoms with Crippen molar-refractivity contribution in [2.24, 2.45) is 5.73 Å². The molecule has 0 saturated heterocycles. The zero-order valence-electron chi connectivity index (χ0n) is 7.02. The van der Waals surface area contributed by atoms with Crippen LogP contribution in [0.1, 0.15) is 11.6 Å². The number of carboxylic acids is 1. The maximum absolute atomic E-state index is 12.9. The first-order valence-corrected chi connectivity index (χ1v) is 3.73. The van der Waals surface area contributed by atoms with Crippen LogP contribution in [0.25, 0.3) is 0 Å². The number of aliphatic carboxylic acids is 1. The number of rotatable bonds is 3. The van der Waals surface area contributed by atoms with Gasteiger partial charge in [0, 0.05) is 12.4 Å². The Labute approximate surface area is 78.4 Å². The third kappa shape index (κ3) is 1.85. The van der Waals surface area contributed by atoms with Crippen molar-refractivity contribution in [3.05, 3.63) is 30.1 Å². The number of pyridine rings is 1. The average Bonchev–Trinajstić information content (AvgIpc) is 2.17. The van der Waals surface area contributed by atoms with Crippen LogP contribution in [0, 0.1) is 0 Å². The summed E-state index contributed by atoms with van der Waals surface area (Å²) >= 11 is 0. The molecule has 76 valence electrons. The van der Waals surface area contributed by atoms with Gasteiger partial charge in [0.15, 0.2) is 0 Å². The fraction of sp³-hybridized carbons (Fsp3) is 0.250. The van der Waals surface area contributed by atoms with Gasteiger partial charge < -0.3 is 10.8 Å². The molecule has 3 N–H and O–H groups in total. The molecular formula is C8H8F2N2O2. The predicted octanol–water partition coefficient (Wildman–Crippen LogP) is 0.801. The Morgan fingerprint density at radius 3 is 2.43 bits per heavy atom. The van der Waals surface area contributed by atoms with Crippen LogP contribution >= 0.6 is 0 Å². The first-order chi connectivity index (χ1) is 6.46. The molecule has 1 rings (SSSR count). The fourth-order valence-corrected chi connectivity index (χ4v) is 0.913. The number of carboxylic acid groups (broad SMARTS) is 1. The summed E-state index contributed by atoms with van der Waals surface area (Å²) in [7, 11) is 0. The Hall–Kier alpha value is -1.56. The molecule has 0 saturated carbocycles. The third-order valence-electron chi connectivity index (χ3n) is 1.74. The summed E-state index contributed by atoms with van der Waals surface area (Å²) in [6.45, 7) is 0. The number of aromatic nitrogens is 1. The molecule has 0 aliphatic heterocycles.